The van der Waals surface area contributed by atoms with Crippen LogP contribution in [0.1, 0.15) is 44.6 Å². The SMILES string of the molecule is CCNC(=O)CCN(Cc1ccccc1)CC1(O)CCCC1. The molecule has 1 amide bonds. The Balaban J connectivity index is 1.95. The Morgan fingerprint density at radius 3 is 2.59 bits per heavy atom. The average molecular weight is 304 g/mol. The lowest BCUT2D eigenvalue weighted by atomic mass is 10.0. The van der Waals surface area contributed by atoms with Crippen LogP contribution < -0.4 is 5.32 Å². The highest BCUT2D eigenvalue weighted by Gasteiger charge is 2.33. The number of carbonyl (C=O) groups excluding carboxylic acids is 1. The van der Waals surface area contributed by atoms with Gasteiger partial charge < -0.3 is 10.4 Å². The number of nitrogens with one attached hydrogen (secondary N) is 1. The van der Waals surface area contributed by atoms with E-state index in [-0.39, 0.29) is 5.91 Å². The van der Waals surface area contributed by atoms with Gasteiger partial charge in [-0.1, -0.05) is 43.2 Å². The Bertz CT molecular complexity index is 455. The molecule has 0 unspecified atom stereocenters. The Hall–Kier alpha value is -1.39. The number of aliphatic hydroxyl groups is 1. The number of amides is 1. The zero-order valence-corrected chi connectivity index (χ0v) is 13.6. The van der Waals surface area contributed by atoms with Crippen molar-refractivity contribution in [3.8, 4) is 0 Å². The highest BCUT2D eigenvalue weighted by molar-refractivity contribution is 5.75. The lowest BCUT2D eigenvalue weighted by Gasteiger charge is -2.31. The van der Waals surface area contributed by atoms with Crippen LogP contribution in [0.25, 0.3) is 0 Å². The van der Waals surface area contributed by atoms with Crippen LogP contribution >= 0.6 is 0 Å². The smallest absolute Gasteiger partial charge is 0.221 e. The van der Waals surface area contributed by atoms with Gasteiger partial charge in [-0.2, -0.15) is 0 Å². The molecule has 1 aromatic rings. The van der Waals surface area contributed by atoms with Crippen LogP contribution in [-0.4, -0.2) is 41.1 Å². The molecule has 1 fully saturated rings. The van der Waals surface area contributed by atoms with Gasteiger partial charge in [-0.05, 0) is 25.3 Å². The molecule has 1 aliphatic carbocycles. The summed E-state index contributed by atoms with van der Waals surface area (Å²) in [5.74, 6) is 0.0824. The largest absolute Gasteiger partial charge is 0.389 e. The molecule has 2 N–H and O–H groups in total. The summed E-state index contributed by atoms with van der Waals surface area (Å²) in [7, 11) is 0. The van der Waals surface area contributed by atoms with Crippen molar-refractivity contribution in [2.24, 2.45) is 0 Å². The van der Waals surface area contributed by atoms with Crippen molar-refractivity contribution in [2.75, 3.05) is 19.6 Å². The molecule has 0 spiro atoms. The van der Waals surface area contributed by atoms with Gasteiger partial charge in [0.05, 0.1) is 5.60 Å². The van der Waals surface area contributed by atoms with Crippen LogP contribution in [0, 0.1) is 0 Å². The molecule has 0 atom stereocenters. The Kier molecular flexibility index (Phi) is 6.40. The monoisotopic (exact) mass is 304 g/mol. The zero-order chi connectivity index (χ0) is 15.8. The first-order chi connectivity index (χ1) is 10.6. The fourth-order valence-electron chi connectivity index (χ4n) is 3.21. The van der Waals surface area contributed by atoms with Crippen molar-refractivity contribution in [2.45, 2.75) is 51.2 Å². The van der Waals surface area contributed by atoms with Crippen LogP contribution in [0.3, 0.4) is 0 Å². The molecular weight excluding hydrogens is 276 g/mol. The number of rotatable bonds is 8. The Morgan fingerprint density at radius 1 is 1.27 bits per heavy atom. The average Bonchev–Trinajstić information content (AvgIpc) is 2.93. The topological polar surface area (TPSA) is 52.6 Å². The van der Waals surface area contributed by atoms with Gasteiger partial charge >= 0.3 is 0 Å². The van der Waals surface area contributed by atoms with Crippen molar-refractivity contribution in [1.82, 2.24) is 10.2 Å². The molecule has 22 heavy (non-hydrogen) atoms. The summed E-state index contributed by atoms with van der Waals surface area (Å²) in [5, 5.41) is 13.5. The molecular formula is C18H28N2O2. The maximum Gasteiger partial charge on any atom is 0.221 e. The van der Waals surface area contributed by atoms with Crippen molar-refractivity contribution < 1.29 is 9.90 Å². The highest BCUT2D eigenvalue weighted by Crippen LogP contribution is 2.30. The van der Waals surface area contributed by atoms with Gasteiger partial charge in [0.25, 0.3) is 0 Å². The molecule has 4 nitrogen and oxygen atoms in total. The van der Waals surface area contributed by atoms with Crippen molar-refractivity contribution >= 4 is 5.91 Å². The predicted molar refractivity (Wildman–Crippen MR) is 88.4 cm³/mol. The van der Waals surface area contributed by atoms with Gasteiger partial charge in [-0.15, -0.1) is 0 Å². The number of benzene rings is 1. The minimum atomic E-state index is -0.573. The fourth-order valence-corrected chi connectivity index (χ4v) is 3.21. The predicted octanol–water partition coefficient (Wildman–Crippen LogP) is 2.32. The Labute approximate surface area is 133 Å². The number of hydrogen-bond donors (Lipinski definition) is 2. The van der Waals surface area contributed by atoms with Gasteiger partial charge in [0.2, 0.25) is 5.91 Å². The van der Waals surface area contributed by atoms with E-state index in [1.165, 1.54) is 5.56 Å². The lowest BCUT2D eigenvalue weighted by Crippen LogP contribution is -2.42. The molecule has 0 aliphatic heterocycles. The van der Waals surface area contributed by atoms with E-state index < -0.39 is 5.60 Å². The van der Waals surface area contributed by atoms with E-state index in [4.69, 9.17) is 0 Å². The summed E-state index contributed by atoms with van der Waals surface area (Å²) >= 11 is 0. The van der Waals surface area contributed by atoms with E-state index in [2.05, 4.69) is 22.3 Å². The lowest BCUT2D eigenvalue weighted by molar-refractivity contribution is -0.121. The summed E-state index contributed by atoms with van der Waals surface area (Å²) in [5.41, 5.74) is 0.649. The molecule has 1 aliphatic rings. The summed E-state index contributed by atoms with van der Waals surface area (Å²) in [4.78, 5) is 13.9. The van der Waals surface area contributed by atoms with Crippen molar-refractivity contribution in [3.05, 3.63) is 35.9 Å². The molecule has 2 rings (SSSR count). The number of nitrogens with zero attached hydrogens (tertiary/aromatic N) is 1. The summed E-state index contributed by atoms with van der Waals surface area (Å²) in [6, 6.07) is 10.3. The van der Waals surface area contributed by atoms with Gasteiger partial charge in [-0.25, -0.2) is 0 Å². The normalized spacial score (nSPS) is 16.9. The first kappa shape index (κ1) is 17.0. The summed E-state index contributed by atoms with van der Waals surface area (Å²) < 4.78 is 0. The second kappa shape index (κ2) is 8.30. The summed E-state index contributed by atoms with van der Waals surface area (Å²) in [6.45, 7) is 4.72. The van der Waals surface area contributed by atoms with Crippen LogP contribution in [0.5, 0.6) is 0 Å². The van der Waals surface area contributed by atoms with E-state index >= 15 is 0 Å². The van der Waals surface area contributed by atoms with E-state index in [9.17, 15) is 9.90 Å². The third-order valence-corrected chi connectivity index (χ3v) is 4.33. The third-order valence-electron chi connectivity index (χ3n) is 4.33. The maximum absolute atomic E-state index is 11.7. The van der Waals surface area contributed by atoms with E-state index in [0.29, 0.717) is 26.1 Å². The van der Waals surface area contributed by atoms with Crippen molar-refractivity contribution in [1.29, 1.82) is 0 Å². The second-order valence-corrected chi connectivity index (χ2v) is 6.33. The van der Waals surface area contributed by atoms with Crippen LogP contribution in [0.15, 0.2) is 30.3 Å². The maximum atomic E-state index is 11.7. The van der Waals surface area contributed by atoms with E-state index in [1.54, 1.807) is 0 Å². The van der Waals surface area contributed by atoms with Crippen LogP contribution in [-0.2, 0) is 11.3 Å². The van der Waals surface area contributed by atoms with E-state index in [1.807, 2.05) is 25.1 Å². The first-order valence-corrected chi connectivity index (χ1v) is 8.37. The van der Waals surface area contributed by atoms with Crippen LogP contribution in [0.4, 0.5) is 0 Å². The molecule has 0 radical (unpaired) electrons. The molecule has 122 valence electrons. The molecule has 0 saturated heterocycles. The number of hydrogen-bond acceptors (Lipinski definition) is 3. The van der Waals surface area contributed by atoms with E-state index in [0.717, 1.165) is 32.2 Å². The fraction of sp³-hybridized carbons (Fsp3) is 0.611. The standard InChI is InChI=1S/C18H28N2O2/c1-2-19-17(21)10-13-20(14-16-8-4-3-5-9-16)15-18(22)11-6-7-12-18/h3-5,8-9,22H,2,6-7,10-15H2,1H3,(H,19,21). The highest BCUT2D eigenvalue weighted by atomic mass is 16.3. The summed E-state index contributed by atoms with van der Waals surface area (Å²) in [6.07, 6.45) is 4.44. The molecule has 1 saturated carbocycles. The zero-order valence-electron chi connectivity index (χ0n) is 13.6. The second-order valence-electron chi connectivity index (χ2n) is 6.33. The van der Waals surface area contributed by atoms with Gasteiger partial charge in [0.1, 0.15) is 0 Å². The minimum Gasteiger partial charge on any atom is -0.389 e. The van der Waals surface area contributed by atoms with Gasteiger partial charge in [0, 0.05) is 32.6 Å². The van der Waals surface area contributed by atoms with Crippen LogP contribution in [0.2, 0.25) is 0 Å². The first-order valence-electron chi connectivity index (χ1n) is 8.37. The van der Waals surface area contributed by atoms with Crippen molar-refractivity contribution in [3.63, 3.8) is 0 Å². The molecule has 0 aromatic heterocycles. The molecule has 0 bridgehead atoms. The molecule has 1 aromatic carbocycles. The third kappa shape index (κ3) is 5.43. The van der Waals surface area contributed by atoms with Gasteiger partial charge in [-0.3, -0.25) is 9.69 Å². The molecule has 0 heterocycles. The number of carbonyl (C=O) groups is 1. The molecule has 4 heteroatoms. The van der Waals surface area contributed by atoms with Gasteiger partial charge in [0.15, 0.2) is 0 Å². The minimum absolute atomic E-state index is 0.0824. The Morgan fingerprint density at radius 2 is 1.95 bits per heavy atom. The quantitative estimate of drug-likeness (QED) is 0.775.